The van der Waals surface area contributed by atoms with Gasteiger partial charge in [0, 0.05) is 24.7 Å². The maximum atomic E-state index is 12.3. The lowest BCUT2D eigenvalue weighted by atomic mass is 10.1. The van der Waals surface area contributed by atoms with Gasteiger partial charge in [-0.2, -0.15) is 0 Å². The standard InChI is InChI=1S/C21H24N2O3/c1-3-15(2)22-21(25)16-13-20(24)23(14-16)17-9-11-19(12-10-17)26-18-7-5-4-6-8-18/h4-12,15-16H,3,13-14H2,1-2H3,(H,22,25). The lowest BCUT2D eigenvalue weighted by Gasteiger charge is -2.18. The molecular weight excluding hydrogens is 328 g/mol. The van der Waals surface area contributed by atoms with Gasteiger partial charge in [0.2, 0.25) is 11.8 Å². The molecule has 0 bridgehead atoms. The van der Waals surface area contributed by atoms with Crippen LogP contribution in [0.2, 0.25) is 0 Å². The Hall–Kier alpha value is -2.82. The monoisotopic (exact) mass is 352 g/mol. The maximum absolute atomic E-state index is 12.3. The van der Waals surface area contributed by atoms with Crippen LogP contribution in [0.3, 0.4) is 0 Å². The average molecular weight is 352 g/mol. The third kappa shape index (κ3) is 4.23. The SMILES string of the molecule is CCC(C)NC(=O)C1CC(=O)N(c2ccc(Oc3ccccc3)cc2)C1. The first-order chi connectivity index (χ1) is 12.6. The molecule has 1 N–H and O–H groups in total. The van der Waals surface area contributed by atoms with Gasteiger partial charge in [0.15, 0.2) is 0 Å². The summed E-state index contributed by atoms with van der Waals surface area (Å²) in [6, 6.07) is 17.0. The van der Waals surface area contributed by atoms with Crippen molar-refractivity contribution in [2.24, 2.45) is 5.92 Å². The second-order valence-electron chi connectivity index (χ2n) is 6.63. The van der Waals surface area contributed by atoms with E-state index in [1.54, 1.807) is 4.90 Å². The van der Waals surface area contributed by atoms with Gasteiger partial charge in [0.05, 0.1) is 5.92 Å². The second-order valence-corrected chi connectivity index (χ2v) is 6.63. The zero-order valence-corrected chi connectivity index (χ0v) is 15.1. The van der Waals surface area contributed by atoms with Crippen LogP contribution in [0.25, 0.3) is 0 Å². The zero-order valence-electron chi connectivity index (χ0n) is 15.1. The Morgan fingerprint density at radius 2 is 1.81 bits per heavy atom. The minimum Gasteiger partial charge on any atom is -0.457 e. The van der Waals surface area contributed by atoms with E-state index in [4.69, 9.17) is 4.74 Å². The van der Waals surface area contributed by atoms with Crippen LogP contribution in [0.5, 0.6) is 11.5 Å². The molecule has 0 aliphatic carbocycles. The molecule has 136 valence electrons. The minimum atomic E-state index is -0.295. The fourth-order valence-corrected chi connectivity index (χ4v) is 2.91. The van der Waals surface area contributed by atoms with Crippen molar-refractivity contribution < 1.29 is 14.3 Å². The van der Waals surface area contributed by atoms with Crippen LogP contribution in [0.4, 0.5) is 5.69 Å². The number of hydrogen-bond acceptors (Lipinski definition) is 3. The number of ether oxygens (including phenoxy) is 1. The molecule has 1 aliphatic rings. The maximum Gasteiger partial charge on any atom is 0.227 e. The second kappa shape index (κ2) is 8.04. The van der Waals surface area contributed by atoms with Crippen LogP contribution in [-0.4, -0.2) is 24.4 Å². The quantitative estimate of drug-likeness (QED) is 0.861. The Bertz CT molecular complexity index is 759. The topological polar surface area (TPSA) is 58.6 Å². The minimum absolute atomic E-state index is 0.0222. The predicted molar refractivity (Wildman–Crippen MR) is 101 cm³/mol. The lowest BCUT2D eigenvalue weighted by Crippen LogP contribution is -2.38. The molecule has 5 heteroatoms. The Kier molecular flexibility index (Phi) is 5.56. The molecule has 0 aromatic heterocycles. The molecule has 2 amide bonds. The number of hydrogen-bond donors (Lipinski definition) is 1. The van der Waals surface area contributed by atoms with Crippen molar-refractivity contribution >= 4 is 17.5 Å². The van der Waals surface area contributed by atoms with E-state index in [2.05, 4.69) is 5.32 Å². The number of anilines is 1. The number of carbonyl (C=O) groups is 2. The van der Waals surface area contributed by atoms with Gasteiger partial charge < -0.3 is 15.0 Å². The first kappa shape index (κ1) is 18.0. The van der Waals surface area contributed by atoms with Crippen molar-refractivity contribution in [3.8, 4) is 11.5 Å². The molecule has 1 aliphatic heterocycles. The highest BCUT2D eigenvalue weighted by Gasteiger charge is 2.35. The Labute approximate surface area is 154 Å². The third-order valence-electron chi connectivity index (χ3n) is 4.62. The summed E-state index contributed by atoms with van der Waals surface area (Å²) in [6.07, 6.45) is 1.13. The highest BCUT2D eigenvalue weighted by molar-refractivity contribution is 6.00. The number of carbonyl (C=O) groups excluding carboxylic acids is 2. The lowest BCUT2D eigenvalue weighted by molar-refractivity contribution is -0.126. The fourth-order valence-electron chi connectivity index (χ4n) is 2.91. The van der Waals surface area contributed by atoms with E-state index in [0.717, 1.165) is 17.9 Å². The first-order valence-electron chi connectivity index (χ1n) is 9.00. The van der Waals surface area contributed by atoms with Crippen LogP contribution >= 0.6 is 0 Å². The summed E-state index contributed by atoms with van der Waals surface area (Å²) in [5.74, 6) is 1.11. The van der Waals surface area contributed by atoms with Crippen LogP contribution in [-0.2, 0) is 9.59 Å². The summed E-state index contributed by atoms with van der Waals surface area (Å²) in [5, 5.41) is 2.96. The zero-order chi connectivity index (χ0) is 18.5. The van der Waals surface area contributed by atoms with E-state index in [1.165, 1.54) is 0 Å². The molecule has 26 heavy (non-hydrogen) atoms. The van der Waals surface area contributed by atoms with Gasteiger partial charge in [-0.3, -0.25) is 9.59 Å². The van der Waals surface area contributed by atoms with Crippen molar-refractivity contribution in [3.63, 3.8) is 0 Å². The molecule has 1 fully saturated rings. The number of para-hydroxylation sites is 1. The largest absolute Gasteiger partial charge is 0.457 e. The van der Waals surface area contributed by atoms with E-state index in [9.17, 15) is 9.59 Å². The van der Waals surface area contributed by atoms with Gasteiger partial charge in [0.1, 0.15) is 11.5 Å². The van der Waals surface area contributed by atoms with Gasteiger partial charge in [-0.05, 0) is 49.7 Å². The molecule has 0 saturated carbocycles. The van der Waals surface area contributed by atoms with Crippen LogP contribution in [0.15, 0.2) is 54.6 Å². The van der Waals surface area contributed by atoms with Gasteiger partial charge in [-0.25, -0.2) is 0 Å². The summed E-state index contributed by atoms with van der Waals surface area (Å²) >= 11 is 0. The van der Waals surface area contributed by atoms with Gasteiger partial charge in [0.25, 0.3) is 0 Å². The van der Waals surface area contributed by atoms with E-state index in [1.807, 2.05) is 68.4 Å². The molecule has 5 nitrogen and oxygen atoms in total. The molecule has 1 saturated heterocycles. The van der Waals surface area contributed by atoms with E-state index < -0.39 is 0 Å². The fraction of sp³-hybridized carbons (Fsp3) is 0.333. The van der Waals surface area contributed by atoms with Crippen molar-refractivity contribution in [1.82, 2.24) is 5.32 Å². The van der Waals surface area contributed by atoms with E-state index >= 15 is 0 Å². The molecule has 0 radical (unpaired) electrons. The molecule has 2 unspecified atom stereocenters. The molecular formula is C21H24N2O3. The Balaban J connectivity index is 1.64. The van der Waals surface area contributed by atoms with E-state index in [0.29, 0.717) is 12.3 Å². The van der Waals surface area contributed by atoms with Crippen molar-refractivity contribution in [3.05, 3.63) is 54.6 Å². The normalized spacial score (nSPS) is 17.8. The van der Waals surface area contributed by atoms with E-state index in [-0.39, 0.29) is 30.2 Å². The smallest absolute Gasteiger partial charge is 0.227 e. The summed E-state index contributed by atoms with van der Waals surface area (Å²) < 4.78 is 5.77. The first-order valence-corrected chi connectivity index (χ1v) is 9.00. The third-order valence-corrected chi connectivity index (χ3v) is 4.62. The van der Waals surface area contributed by atoms with Crippen molar-refractivity contribution in [2.45, 2.75) is 32.7 Å². The summed E-state index contributed by atoms with van der Waals surface area (Å²) in [5.41, 5.74) is 0.786. The van der Waals surface area contributed by atoms with Crippen LogP contribution in [0.1, 0.15) is 26.7 Å². The molecule has 3 rings (SSSR count). The number of benzene rings is 2. The highest BCUT2D eigenvalue weighted by atomic mass is 16.5. The Morgan fingerprint density at radius 1 is 1.15 bits per heavy atom. The van der Waals surface area contributed by atoms with Crippen molar-refractivity contribution in [1.29, 1.82) is 0 Å². The molecule has 2 aromatic carbocycles. The van der Waals surface area contributed by atoms with Crippen molar-refractivity contribution in [2.75, 3.05) is 11.4 Å². The van der Waals surface area contributed by atoms with Crippen LogP contribution < -0.4 is 15.0 Å². The van der Waals surface area contributed by atoms with Gasteiger partial charge in [-0.1, -0.05) is 25.1 Å². The summed E-state index contributed by atoms with van der Waals surface area (Å²) in [4.78, 5) is 26.3. The Morgan fingerprint density at radius 3 is 2.46 bits per heavy atom. The molecule has 1 heterocycles. The molecule has 2 atom stereocenters. The van der Waals surface area contributed by atoms with Gasteiger partial charge >= 0.3 is 0 Å². The summed E-state index contributed by atoms with van der Waals surface area (Å²) in [7, 11) is 0. The highest BCUT2D eigenvalue weighted by Crippen LogP contribution is 2.28. The predicted octanol–water partition coefficient (Wildman–Crippen LogP) is 3.75. The molecule has 0 spiro atoms. The number of rotatable bonds is 6. The number of nitrogens with one attached hydrogen (secondary N) is 1. The summed E-state index contributed by atoms with van der Waals surface area (Å²) in [6.45, 7) is 4.41. The van der Waals surface area contributed by atoms with Gasteiger partial charge in [-0.15, -0.1) is 0 Å². The van der Waals surface area contributed by atoms with Crippen LogP contribution in [0, 0.1) is 5.92 Å². The number of amides is 2. The average Bonchev–Trinajstić information content (AvgIpc) is 3.05. The number of nitrogens with zero attached hydrogens (tertiary/aromatic N) is 1. The molecule has 2 aromatic rings.